The molecule has 6 heterocycles. The number of aromatic nitrogens is 6. The number of hydrogen-bond donors (Lipinski definition) is 3. The summed E-state index contributed by atoms with van der Waals surface area (Å²) in [6, 6.07) is 16.8. The molecule has 0 atom stereocenters. The molecule has 2 aliphatic heterocycles. The zero-order valence-electron chi connectivity index (χ0n) is 39.2. The Morgan fingerprint density at radius 1 is 0.586 bits per heavy atom. The Labute approximate surface area is 411 Å². The Bertz CT molecular complexity index is 2960. The third kappa shape index (κ3) is 12.6. The number of fused-ring (bicyclic) bond motifs is 4. The first-order chi connectivity index (χ1) is 33.6. The lowest BCUT2D eigenvalue weighted by atomic mass is 10.2. The van der Waals surface area contributed by atoms with Crippen LogP contribution in [0.3, 0.4) is 0 Å². The van der Waals surface area contributed by atoms with E-state index in [0.717, 1.165) is 89.2 Å². The van der Waals surface area contributed by atoms with E-state index in [-0.39, 0.29) is 24.8 Å². The Kier molecular flexibility index (Phi) is 17.8. The van der Waals surface area contributed by atoms with Crippen molar-refractivity contribution < 1.29 is 37.6 Å². The zero-order valence-corrected chi connectivity index (χ0v) is 39.9. The largest absolute Gasteiger partial charge is 0.505 e. The predicted molar refractivity (Wildman–Crippen MR) is 270 cm³/mol. The van der Waals surface area contributed by atoms with Crippen LogP contribution >= 0.6 is 11.6 Å². The van der Waals surface area contributed by atoms with Gasteiger partial charge in [0.25, 0.3) is 0 Å². The van der Waals surface area contributed by atoms with Crippen molar-refractivity contribution in [1.29, 1.82) is 0 Å². The van der Waals surface area contributed by atoms with Gasteiger partial charge in [0.2, 0.25) is 5.88 Å². The van der Waals surface area contributed by atoms with E-state index in [1.807, 2.05) is 18.2 Å². The number of nitrogens with one attached hydrogen (secondary N) is 2. The fourth-order valence-electron chi connectivity index (χ4n) is 8.13. The second kappa shape index (κ2) is 24.3. The summed E-state index contributed by atoms with van der Waals surface area (Å²) in [5, 5.41) is 11.6. The van der Waals surface area contributed by atoms with Crippen molar-refractivity contribution in [2.45, 2.75) is 20.3 Å². The smallest absolute Gasteiger partial charge is 0.230 e. The SMILES string of the molecule is C.COc1cc2c(Cl)ncnc2cc1OCCCN1CCN(C)CC1.COc1cc2c(Oc3ccc4[nH]ccc4c3F)ncnc2cc1OCCCN1CCN(C)CC1.Oc1ccc2[nH]ccc2c1F. The summed E-state index contributed by atoms with van der Waals surface area (Å²) in [5.41, 5.74) is 2.78. The summed E-state index contributed by atoms with van der Waals surface area (Å²) in [5.74, 6) is 1.52. The van der Waals surface area contributed by atoms with Crippen LogP contribution in [0.25, 0.3) is 43.6 Å². The molecule has 16 nitrogen and oxygen atoms in total. The minimum atomic E-state index is -0.566. The van der Waals surface area contributed by atoms with Gasteiger partial charge in [-0.1, -0.05) is 19.0 Å². The molecule has 8 aromatic rings. The van der Waals surface area contributed by atoms with Gasteiger partial charge in [0, 0.05) is 117 Å². The van der Waals surface area contributed by atoms with Crippen LogP contribution in [0, 0.1) is 11.6 Å². The maximum absolute atomic E-state index is 14.9. The highest BCUT2D eigenvalue weighted by Crippen LogP contribution is 2.38. The highest BCUT2D eigenvalue weighted by atomic mass is 35.5. The molecule has 0 unspecified atom stereocenters. The highest BCUT2D eigenvalue weighted by Gasteiger charge is 2.18. The van der Waals surface area contributed by atoms with Crippen molar-refractivity contribution in [3.8, 4) is 40.4 Å². The van der Waals surface area contributed by atoms with Crippen LogP contribution in [0.1, 0.15) is 20.3 Å². The van der Waals surface area contributed by atoms with Crippen LogP contribution in [0.4, 0.5) is 8.78 Å². The Morgan fingerprint density at radius 3 is 1.64 bits per heavy atom. The second-order valence-electron chi connectivity index (χ2n) is 16.8. The van der Waals surface area contributed by atoms with Crippen molar-refractivity contribution in [2.24, 2.45) is 0 Å². The van der Waals surface area contributed by atoms with Crippen LogP contribution in [-0.2, 0) is 0 Å². The molecule has 2 fully saturated rings. The van der Waals surface area contributed by atoms with Gasteiger partial charge in [-0.05, 0) is 75.5 Å². The van der Waals surface area contributed by atoms with E-state index in [1.54, 1.807) is 63.0 Å². The molecule has 70 heavy (non-hydrogen) atoms. The Balaban J connectivity index is 0.000000173. The molecule has 2 saturated heterocycles. The van der Waals surface area contributed by atoms with E-state index in [1.165, 1.54) is 18.7 Å². The lowest BCUT2D eigenvalue weighted by Gasteiger charge is -2.32. The Hall–Kier alpha value is -6.57. The second-order valence-corrected chi connectivity index (χ2v) is 17.2. The number of rotatable bonds is 14. The van der Waals surface area contributed by atoms with Crippen LogP contribution in [0.5, 0.6) is 40.4 Å². The zero-order chi connectivity index (χ0) is 48.3. The van der Waals surface area contributed by atoms with Crippen LogP contribution < -0.4 is 23.7 Å². The Morgan fingerprint density at radius 2 is 1.09 bits per heavy atom. The van der Waals surface area contributed by atoms with Gasteiger partial charge >= 0.3 is 0 Å². The van der Waals surface area contributed by atoms with Gasteiger partial charge in [0.1, 0.15) is 17.8 Å². The van der Waals surface area contributed by atoms with Gasteiger partial charge in [-0.2, -0.15) is 0 Å². The van der Waals surface area contributed by atoms with E-state index >= 15 is 0 Å². The van der Waals surface area contributed by atoms with Crippen molar-refractivity contribution >= 4 is 55.2 Å². The lowest BCUT2D eigenvalue weighted by molar-refractivity contribution is 0.145. The molecule has 10 rings (SSSR count). The number of methoxy groups -OCH3 is 2. The van der Waals surface area contributed by atoms with Gasteiger partial charge in [0.15, 0.2) is 46.1 Å². The summed E-state index contributed by atoms with van der Waals surface area (Å²) in [7, 11) is 7.53. The first kappa shape index (κ1) is 51.3. The van der Waals surface area contributed by atoms with Gasteiger partial charge in [-0.3, -0.25) is 0 Å². The van der Waals surface area contributed by atoms with Gasteiger partial charge < -0.3 is 58.4 Å². The molecule has 4 aromatic carbocycles. The van der Waals surface area contributed by atoms with Crippen molar-refractivity contribution in [2.75, 3.05) is 107 Å². The fourth-order valence-corrected chi connectivity index (χ4v) is 8.32. The number of nitrogens with zero attached hydrogens (tertiary/aromatic N) is 8. The van der Waals surface area contributed by atoms with E-state index in [0.29, 0.717) is 74.1 Å². The molecule has 2 aliphatic rings. The number of benzene rings is 4. The van der Waals surface area contributed by atoms with E-state index in [4.69, 9.17) is 40.4 Å². The molecule has 19 heteroatoms. The minimum Gasteiger partial charge on any atom is -0.505 e. The van der Waals surface area contributed by atoms with E-state index < -0.39 is 11.6 Å². The van der Waals surface area contributed by atoms with Crippen molar-refractivity contribution in [1.82, 2.24) is 49.5 Å². The average Bonchev–Trinajstić information content (AvgIpc) is 4.07. The maximum atomic E-state index is 14.9. The number of aromatic amines is 2. The molecule has 0 aliphatic carbocycles. The summed E-state index contributed by atoms with van der Waals surface area (Å²) in [6.07, 6.45) is 8.07. The summed E-state index contributed by atoms with van der Waals surface area (Å²) < 4.78 is 56.6. The van der Waals surface area contributed by atoms with Crippen molar-refractivity contribution in [3.05, 3.63) is 102 Å². The number of ether oxygens (including phenoxy) is 5. The number of H-pyrrole nitrogens is 2. The number of halogens is 3. The molecular formula is C51H61ClF2N10O6. The maximum Gasteiger partial charge on any atom is 0.230 e. The highest BCUT2D eigenvalue weighted by molar-refractivity contribution is 6.34. The number of hydrogen-bond acceptors (Lipinski definition) is 14. The van der Waals surface area contributed by atoms with E-state index in [2.05, 4.69) is 63.6 Å². The number of phenols is 1. The standard InChI is InChI=1S/C25H28FN5O3.C17H23ClN4O2.C8H6FNO.CH4/c1-30-9-11-31(12-10-30)8-3-13-33-23-15-20-18(14-22(23)32-2)25(29-16-28-20)34-21-5-4-19-17(24(21)26)6-7-27-19;1-21-5-7-22(8-6-21)4-3-9-24-16-11-14-13(10-15(16)23-2)17(18)20-12-19-14;9-8-5-3-4-10-6(5)1-2-7(8)11;/h4-7,14-16,27H,3,8-13H2,1-2H3;10-12H,3-9H2,1-2H3;1-4,10-11H;1H4. The molecule has 0 saturated carbocycles. The molecule has 0 amide bonds. The van der Waals surface area contributed by atoms with Crippen LogP contribution in [0.15, 0.2) is 85.7 Å². The van der Waals surface area contributed by atoms with Gasteiger partial charge in [0.05, 0.1) is 43.9 Å². The average molecular weight is 984 g/mol. The van der Waals surface area contributed by atoms with Gasteiger partial charge in [-0.25, -0.2) is 28.7 Å². The number of aromatic hydroxyl groups is 1. The third-order valence-electron chi connectivity index (χ3n) is 12.2. The number of piperazine rings is 2. The summed E-state index contributed by atoms with van der Waals surface area (Å²) >= 11 is 6.10. The molecule has 4 aromatic heterocycles. The first-order valence-electron chi connectivity index (χ1n) is 22.8. The molecule has 372 valence electrons. The monoisotopic (exact) mass is 982 g/mol. The minimum absolute atomic E-state index is 0. The molecule has 0 radical (unpaired) electrons. The summed E-state index contributed by atoms with van der Waals surface area (Å²) in [4.78, 5) is 32.3. The quantitative estimate of drug-likeness (QED) is 0.0699. The number of likely N-dealkylation sites (N-methyl/N-ethyl adjacent to an activating group) is 2. The molecular weight excluding hydrogens is 922 g/mol. The van der Waals surface area contributed by atoms with Crippen molar-refractivity contribution in [3.63, 3.8) is 0 Å². The normalized spacial score (nSPS) is 14.7. The summed E-state index contributed by atoms with van der Waals surface area (Å²) in [6.45, 7) is 12.2. The lowest BCUT2D eigenvalue weighted by Crippen LogP contribution is -2.44. The number of phenolic OH excluding ortho intramolecular Hbond substituents is 1. The molecule has 0 spiro atoms. The molecule has 0 bridgehead atoms. The van der Waals surface area contributed by atoms with Crippen LogP contribution in [0.2, 0.25) is 5.15 Å². The van der Waals surface area contributed by atoms with Gasteiger partial charge in [-0.15, -0.1) is 0 Å². The topological polar surface area (TPSA) is 162 Å². The van der Waals surface area contributed by atoms with Crippen LogP contribution in [-0.4, -0.2) is 162 Å². The molecule has 3 N–H and O–H groups in total. The third-order valence-corrected chi connectivity index (χ3v) is 12.5. The first-order valence-corrected chi connectivity index (χ1v) is 23.2. The predicted octanol–water partition coefficient (Wildman–Crippen LogP) is 9.02. The van der Waals surface area contributed by atoms with E-state index in [9.17, 15) is 8.78 Å². The fraction of sp³-hybridized carbons (Fsp3) is 0.373.